The van der Waals surface area contributed by atoms with Gasteiger partial charge in [0, 0.05) is 31.3 Å². The van der Waals surface area contributed by atoms with Gasteiger partial charge in [0.15, 0.2) is 11.4 Å². The van der Waals surface area contributed by atoms with Crippen molar-refractivity contribution in [3.63, 3.8) is 0 Å². The highest BCUT2D eigenvalue weighted by Gasteiger charge is 2.38. The summed E-state index contributed by atoms with van der Waals surface area (Å²) in [4.78, 5) is 24.0. The smallest absolute Gasteiger partial charge is 0.350 e. The maximum absolute atomic E-state index is 12.0. The first-order chi connectivity index (χ1) is 14.4. The molecule has 4 rings (SSSR count). The zero-order valence-corrected chi connectivity index (χ0v) is 16.5. The van der Waals surface area contributed by atoms with Gasteiger partial charge in [-0.25, -0.2) is 9.59 Å². The van der Waals surface area contributed by atoms with Gasteiger partial charge in [-0.2, -0.15) is 0 Å². The maximum Gasteiger partial charge on any atom is 0.350 e. The minimum atomic E-state index is -1.26. The molecule has 0 spiro atoms. The van der Waals surface area contributed by atoms with E-state index < -0.39 is 17.7 Å². The number of benzene rings is 2. The lowest BCUT2D eigenvalue weighted by Crippen LogP contribution is -2.42. The van der Waals surface area contributed by atoms with Gasteiger partial charge in [0.25, 0.3) is 5.79 Å². The van der Waals surface area contributed by atoms with Gasteiger partial charge in [-0.05, 0) is 29.8 Å². The van der Waals surface area contributed by atoms with Gasteiger partial charge in [-0.15, -0.1) is 10.2 Å². The van der Waals surface area contributed by atoms with Gasteiger partial charge in [-0.3, -0.25) is 0 Å². The molecule has 1 N–H and O–H groups in total. The molecule has 2 heterocycles. The Labute approximate surface area is 173 Å². The molecule has 1 fully saturated rings. The van der Waals surface area contributed by atoms with Crippen molar-refractivity contribution in [2.45, 2.75) is 26.2 Å². The van der Waals surface area contributed by atoms with Crippen molar-refractivity contribution < 1.29 is 19.1 Å². The summed E-state index contributed by atoms with van der Waals surface area (Å²) in [5.74, 6) is -1.97. The maximum atomic E-state index is 12.0. The third kappa shape index (κ3) is 4.22. The van der Waals surface area contributed by atoms with Gasteiger partial charge in [0.2, 0.25) is 0 Å². The second kappa shape index (κ2) is 7.82. The summed E-state index contributed by atoms with van der Waals surface area (Å²) in [6.07, 6.45) is 2.98. The molecule has 0 aliphatic carbocycles. The summed E-state index contributed by atoms with van der Waals surface area (Å²) in [5.41, 5.74) is 2.53. The van der Waals surface area contributed by atoms with Crippen molar-refractivity contribution in [2.75, 3.05) is 5.32 Å². The molecule has 2 aromatic carbocycles. The number of esters is 2. The Balaban J connectivity index is 1.47. The molecular formula is C22H20N4O4. The number of aromatic nitrogens is 3. The lowest BCUT2D eigenvalue weighted by atomic mass is 10.1. The second-order valence-electron chi connectivity index (χ2n) is 7.23. The van der Waals surface area contributed by atoms with Crippen LogP contribution in [0.2, 0.25) is 0 Å². The number of anilines is 1. The molecule has 8 nitrogen and oxygen atoms in total. The van der Waals surface area contributed by atoms with Crippen LogP contribution in [0, 0.1) is 0 Å². The summed E-state index contributed by atoms with van der Waals surface area (Å²) in [6, 6.07) is 17.5. The zero-order chi connectivity index (χ0) is 21.1. The fourth-order valence-corrected chi connectivity index (χ4v) is 3.02. The largest absolute Gasteiger partial charge is 0.419 e. The van der Waals surface area contributed by atoms with E-state index in [1.807, 2.05) is 59.2 Å². The van der Waals surface area contributed by atoms with Crippen molar-refractivity contribution >= 4 is 17.6 Å². The molecule has 3 aromatic rings. The molecule has 0 amide bonds. The minimum Gasteiger partial charge on any atom is -0.419 e. The summed E-state index contributed by atoms with van der Waals surface area (Å²) in [6.45, 7) is 3.67. The van der Waals surface area contributed by atoms with Crippen LogP contribution in [0.5, 0.6) is 0 Å². The van der Waals surface area contributed by atoms with Gasteiger partial charge in [0.05, 0.1) is 6.54 Å². The molecule has 0 bridgehead atoms. The van der Waals surface area contributed by atoms with Gasteiger partial charge >= 0.3 is 11.9 Å². The molecule has 152 valence electrons. The molecule has 0 radical (unpaired) electrons. The normalized spacial score (nSPS) is 15.3. The molecule has 30 heavy (non-hydrogen) atoms. The first-order valence-electron chi connectivity index (χ1n) is 9.37. The quantitative estimate of drug-likeness (QED) is 0.397. The third-order valence-electron chi connectivity index (χ3n) is 4.45. The van der Waals surface area contributed by atoms with Crippen molar-refractivity contribution in [1.29, 1.82) is 0 Å². The molecule has 1 saturated heterocycles. The number of carbonyl (C=O) groups is 2. The predicted octanol–water partition coefficient (Wildman–Crippen LogP) is 3.13. The van der Waals surface area contributed by atoms with Crippen LogP contribution in [0.15, 0.2) is 72.7 Å². The first-order valence-corrected chi connectivity index (χ1v) is 9.37. The van der Waals surface area contributed by atoms with Gasteiger partial charge in [0.1, 0.15) is 6.33 Å². The van der Waals surface area contributed by atoms with Crippen LogP contribution < -0.4 is 5.32 Å². The highest BCUT2D eigenvalue weighted by molar-refractivity contribution is 6.15. The van der Waals surface area contributed by atoms with Crippen LogP contribution in [0.1, 0.15) is 19.4 Å². The van der Waals surface area contributed by atoms with E-state index in [4.69, 9.17) is 9.47 Å². The summed E-state index contributed by atoms with van der Waals surface area (Å²) in [5, 5.41) is 11.2. The minimum absolute atomic E-state index is 0.194. The van der Waals surface area contributed by atoms with E-state index in [1.165, 1.54) is 20.0 Å². The number of hydrogen-bond donors (Lipinski definition) is 1. The predicted molar refractivity (Wildman–Crippen MR) is 109 cm³/mol. The molecule has 1 aromatic heterocycles. The number of ether oxygens (including phenoxy) is 2. The summed E-state index contributed by atoms with van der Waals surface area (Å²) < 4.78 is 12.1. The molecule has 0 saturated carbocycles. The average molecular weight is 404 g/mol. The monoisotopic (exact) mass is 404 g/mol. The van der Waals surface area contributed by atoms with E-state index in [9.17, 15) is 9.59 Å². The topological polar surface area (TPSA) is 95.3 Å². The molecule has 1 aliphatic heterocycles. The fourth-order valence-electron chi connectivity index (χ4n) is 3.02. The van der Waals surface area contributed by atoms with Crippen LogP contribution in [-0.2, 0) is 25.6 Å². The Bertz CT molecular complexity index is 1080. The summed E-state index contributed by atoms with van der Waals surface area (Å²) >= 11 is 0. The zero-order valence-electron chi connectivity index (χ0n) is 16.5. The number of hydrogen-bond acceptors (Lipinski definition) is 7. The van der Waals surface area contributed by atoms with Crippen LogP contribution in [0.3, 0.4) is 0 Å². The number of nitrogens with zero attached hydrogens (tertiary/aromatic N) is 3. The van der Waals surface area contributed by atoms with E-state index in [-0.39, 0.29) is 5.57 Å². The van der Waals surface area contributed by atoms with Crippen molar-refractivity contribution in [3.8, 4) is 11.4 Å². The Morgan fingerprint density at radius 3 is 2.33 bits per heavy atom. The standard InChI is InChI=1S/C22H20N4O4/c1-22(2)29-20(27)18(21(28)30-22)12-23-17-10-8-16(9-11-17)19-25-24-14-26(19)13-15-6-4-3-5-7-15/h3-12,14,23H,13H2,1-2H3. The lowest BCUT2D eigenvalue weighted by Gasteiger charge is -2.29. The molecular weight excluding hydrogens is 384 g/mol. The number of carbonyl (C=O) groups excluding carboxylic acids is 2. The van der Waals surface area contributed by atoms with Crippen LogP contribution in [0.4, 0.5) is 5.69 Å². The van der Waals surface area contributed by atoms with Crippen LogP contribution in [-0.4, -0.2) is 32.5 Å². The van der Waals surface area contributed by atoms with Crippen molar-refractivity contribution in [2.24, 2.45) is 0 Å². The molecule has 8 heteroatoms. The highest BCUT2D eigenvalue weighted by atomic mass is 16.7. The first kappa shape index (κ1) is 19.4. The molecule has 0 atom stereocenters. The SMILES string of the molecule is CC1(C)OC(=O)C(=CNc2ccc(-c3nncn3Cc3ccccc3)cc2)C(=O)O1. The fraction of sp³-hybridized carbons (Fsp3) is 0.182. The Morgan fingerprint density at radius 2 is 1.67 bits per heavy atom. The van der Waals surface area contributed by atoms with Crippen LogP contribution >= 0.6 is 0 Å². The highest BCUT2D eigenvalue weighted by Crippen LogP contribution is 2.24. The van der Waals surface area contributed by atoms with E-state index in [0.717, 1.165) is 17.0 Å². The van der Waals surface area contributed by atoms with Gasteiger partial charge < -0.3 is 19.4 Å². The van der Waals surface area contributed by atoms with Crippen molar-refractivity contribution in [1.82, 2.24) is 14.8 Å². The van der Waals surface area contributed by atoms with Gasteiger partial charge in [-0.1, -0.05) is 30.3 Å². The van der Waals surface area contributed by atoms with E-state index >= 15 is 0 Å². The summed E-state index contributed by atoms with van der Waals surface area (Å²) in [7, 11) is 0. The number of rotatable bonds is 5. The Kier molecular flexibility index (Phi) is 5.05. The molecule has 0 unspecified atom stereocenters. The number of cyclic esters (lactones) is 2. The van der Waals surface area contributed by atoms with E-state index in [2.05, 4.69) is 15.5 Å². The molecule has 1 aliphatic rings. The third-order valence-corrected chi connectivity index (χ3v) is 4.45. The number of nitrogens with one attached hydrogen (secondary N) is 1. The Hall–Kier alpha value is -3.94. The van der Waals surface area contributed by atoms with E-state index in [1.54, 1.807) is 6.33 Å². The lowest BCUT2D eigenvalue weighted by molar-refractivity contribution is -0.222. The van der Waals surface area contributed by atoms with Crippen LogP contribution in [0.25, 0.3) is 11.4 Å². The van der Waals surface area contributed by atoms with Crippen molar-refractivity contribution in [3.05, 3.63) is 78.3 Å². The second-order valence-corrected chi connectivity index (χ2v) is 7.23. The van der Waals surface area contributed by atoms with E-state index in [0.29, 0.717) is 12.2 Å². The Morgan fingerprint density at radius 1 is 1.00 bits per heavy atom. The average Bonchev–Trinajstić information content (AvgIpc) is 3.16.